The number of tetrazole rings is 1. The number of nitrogens with zero attached hydrogens (tertiary/aromatic N) is 5. The molecule has 0 unspecified atom stereocenters. The monoisotopic (exact) mass is 278 g/mol. The molecular weight excluding hydrogens is 264 g/mol. The van der Waals surface area contributed by atoms with Gasteiger partial charge >= 0.3 is 5.97 Å². The highest BCUT2D eigenvalue weighted by molar-refractivity contribution is 5.77. The van der Waals surface area contributed by atoms with Gasteiger partial charge in [0.2, 0.25) is 5.82 Å². The van der Waals surface area contributed by atoms with Crippen molar-refractivity contribution in [2.24, 2.45) is 0 Å². The van der Waals surface area contributed by atoms with Crippen LogP contribution in [0.25, 0.3) is 11.5 Å². The Morgan fingerprint density at radius 2 is 2.10 bits per heavy atom. The van der Waals surface area contributed by atoms with Crippen LogP contribution in [0.4, 0.5) is 0 Å². The van der Waals surface area contributed by atoms with Gasteiger partial charge in [0.25, 0.3) is 5.56 Å². The van der Waals surface area contributed by atoms with Crippen LogP contribution < -0.4 is 5.56 Å². The molecule has 0 bridgehead atoms. The summed E-state index contributed by atoms with van der Waals surface area (Å²) in [5.41, 5.74) is -1.29. The molecule has 0 aliphatic heterocycles. The number of aromatic nitrogens is 6. The van der Waals surface area contributed by atoms with Gasteiger partial charge in [-0.25, -0.2) is 14.6 Å². The highest BCUT2D eigenvalue weighted by atomic mass is 16.4. The largest absolute Gasteiger partial charge is 0.479 e. The molecule has 2 N–H and O–H groups in total. The van der Waals surface area contributed by atoms with E-state index in [0.29, 0.717) is 18.5 Å². The molecule has 2 heterocycles. The molecule has 0 radical (unpaired) electrons. The Hall–Kier alpha value is -2.58. The average Bonchev–Trinajstić information content (AvgIpc) is 2.91. The number of carboxylic acid groups (broad SMARTS) is 1. The summed E-state index contributed by atoms with van der Waals surface area (Å²) in [5, 5.41) is 26.8. The van der Waals surface area contributed by atoms with Crippen LogP contribution in [-0.2, 0) is 10.3 Å². The lowest BCUT2D eigenvalue weighted by Gasteiger charge is -2.27. The topological polar surface area (TPSA) is 127 Å². The van der Waals surface area contributed by atoms with Crippen molar-refractivity contribution in [3.63, 3.8) is 0 Å². The Morgan fingerprint density at radius 1 is 1.40 bits per heavy atom. The van der Waals surface area contributed by atoms with Gasteiger partial charge in [0, 0.05) is 6.07 Å². The molecule has 9 heteroatoms. The third-order valence-electron chi connectivity index (χ3n) is 3.35. The normalized spacial score (nSPS) is 11.5. The van der Waals surface area contributed by atoms with Crippen molar-refractivity contribution in [1.82, 2.24) is 30.4 Å². The molecule has 0 amide bonds. The number of carbonyl (C=O) groups is 1. The molecule has 0 fully saturated rings. The highest BCUT2D eigenvalue weighted by Gasteiger charge is 2.40. The van der Waals surface area contributed by atoms with Gasteiger partial charge < -0.3 is 5.11 Å². The van der Waals surface area contributed by atoms with Crippen LogP contribution >= 0.6 is 0 Å². The van der Waals surface area contributed by atoms with Crippen molar-refractivity contribution in [2.75, 3.05) is 0 Å². The van der Waals surface area contributed by atoms with Crippen molar-refractivity contribution in [3.05, 3.63) is 22.5 Å². The highest BCUT2D eigenvalue weighted by Crippen LogP contribution is 2.28. The lowest BCUT2D eigenvalue weighted by Crippen LogP contribution is -2.42. The first kappa shape index (κ1) is 13.8. The summed E-state index contributed by atoms with van der Waals surface area (Å²) < 4.78 is 1.25. The van der Waals surface area contributed by atoms with E-state index in [0.717, 1.165) is 0 Å². The lowest BCUT2D eigenvalue weighted by atomic mass is 9.93. The molecule has 2 aromatic heterocycles. The van der Waals surface area contributed by atoms with E-state index in [1.54, 1.807) is 13.8 Å². The van der Waals surface area contributed by atoms with Crippen molar-refractivity contribution < 1.29 is 9.90 Å². The minimum absolute atomic E-state index is 0.201. The number of H-pyrrole nitrogens is 1. The third kappa shape index (κ3) is 2.06. The molecule has 0 atom stereocenters. The van der Waals surface area contributed by atoms with Crippen LogP contribution in [0, 0.1) is 0 Å². The first-order valence-electron chi connectivity index (χ1n) is 6.13. The van der Waals surface area contributed by atoms with Crippen molar-refractivity contribution >= 4 is 5.97 Å². The third-order valence-corrected chi connectivity index (χ3v) is 3.35. The molecule has 0 spiro atoms. The Kier molecular flexibility index (Phi) is 3.59. The van der Waals surface area contributed by atoms with E-state index in [9.17, 15) is 14.7 Å². The molecule has 0 aromatic carbocycles. The quantitative estimate of drug-likeness (QED) is 0.789. The molecule has 9 nitrogen and oxygen atoms in total. The molecule has 20 heavy (non-hydrogen) atoms. The summed E-state index contributed by atoms with van der Waals surface area (Å²) in [6.07, 6.45) is 0.639. The summed E-state index contributed by atoms with van der Waals surface area (Å²) in [4.78, 5) is 22.6. The SMILES string of the molecule is CCC(CC)(C(=O)O)n1nnnc1-c1ccc(=O)[nH]n1. The number of aromatic amines is 1. The molecule has 0 aliphatic rings. The minimum Gasteiger partial charge on any atom is -0.479 e. The zero-order valence-electron chi connectivity index (χ0n) is 11.1. The number of carboxylic acids is 1. The summed E-state index contributed by atoms with van der Waals surface area (Å²) in [7, 11) is 0. The van der Waals surface area contributed by atoms with E-state index in [1.165, 1.54) is 16.8 Å². The van der Waals surface area contributed by atoms with E-state index in [4.69, 9.17) is 0 Å². The summed E-state index contributed by atoms with van der Waals surface area (Å²) in [5.74, 6) is -0.812. The summed E-state index contributed by atoms with van der Waals surface area (Å²) in [6, 6.07) is 2.72. The second-order valence-electron chi connectivity index (χ2n) is 4.26. The van der Waals surface area contributed by atoms with Crippen molar-refractivity contribution in [2.45, 2.75) is 32.2 Å². The summed E-state index contributed by atoms with van der Waals surface area (Å²) in [6.45, 7) is 3.51. The van der Waals surface area contributed by atoms with Crippen molar-refractivity contribution in [3.8, 4) is 11.5 Å². The Labute approximate surface area is 113 Å². The standard InChI is InChI=1S/C11H14N6O3/c1-3-11(4-2,10(19)20)17-9(14-15-16-17)7-5-6-8(18)13-12-7/h5-6H,3-4H2,1-2H3,(H,13,18)(H,19,20). The first-order chi connectivity index (χ1) is 9.55. The van der Waals surface area contributed by atoms with Gasteiger partial charge in [0.05, 0.1) is 0 Å². The van der Waals surface area contributed by atoms with Gasteiger partial charge in [0.15, 0.2) is 5.54 Å². The van der Waals surface area contributed by atoms with Crippen molar-refractivity contribution in [1.29, 1.82) is 0 Å². The predicted molar refractivity (Wildman–Crippen MR) is 67.9 cm³/mol. The molecule has 0 saturated carbocycles. The van der Waals surface area contributed by atoms with Crippen LogP contribution in [0.15, 0.2) is 16.9 Å². The van der Waals surface area contributed by atoms with Crippen LogP contribution in [0.5, 0.6) is 0 Å². The van der Waals surface area contributed by atoms with Gasteiger partial charge in [-0.1, -0.05) is 13.8 Å². The van der Waals surface area contributed by atoms with Crippen LogP contribution in [0.3, 0.4) is 0 Å². The number of hydrogen-bond donors (Lipinski definition) is 2. The molecule has 0 aliphatic carbocycles. The fraction of sp³-hybridized carbons (Fsp3) is 0.455. The van der Waals surface area contributed by atoms with E-state index >= 15 is 0 Å². The van der Waals surface area contributed by atoms with Crippen LogP contribution in [0.1, 0.15) is 26.7 Å². The number of aliphatic carboxylic acids is 1. The number of hydrogen-bond acceptors (Lipinski definition) is 6. The van der Waals surface area contributed by atoms with E-state index in [1.807, 2.05) is 0 Å². The van der Waals surface area contributed by atoms with Crippen LogP contribution in [-0.4, -0.2) is 41.5 Å². The zero-order valence-corrected chi connectivity index (χ0v) is 11.1. The summed E-state index contributed by atoms with van der Waals surface area (Å²) >= 11 is 0. The maximum Gasteiger partial charge on any atom is 0.331 e. The number of rotatable bonds is 5. The molecule has 106 valence electrons. The molecule has 0 saturated heterocycles. The Morgan fingerprint density at radius 3 is 2.60 bits per heavy atom. The van der Waals surface area contributed by atoms with Gasteiger partial charge in [-0.2, -0.15) is 5.10 Å². The Bertz CT molecular complexity index is 652. The lowest BCUT2D eigenvalue weighted by molar-refractivity contribution is -0.148. The predicted octanol–water partition coefficient (Wildman–Crippen LogP) is 0.0233. The smallest absolute Gasteiger partial charge is 0.331 e. The molecular formula is C11H14N6O3. The fourth-order valence-corrected chi connectivity index (χ4v) is 2.05. The Balaban J connectivity index is 2.60. The van der Waals surface area contributed by atoms with Gasteiger partial charge in [-0.05, 0) is 29.3 Å². The fourth-order valence-electron chi connectivity index (χ4n) is 2.05. The molecule has 2 aromatic rings. The second kappa shape index (κ2) is 5.19. The van der Waals surface area contributed by atoms with E-state index < -0.39 is 11.5 Å². The second-order valence-corrected chi connectivity index (χ2v) is 4.26. The minimum atomic E-state index is -1.24. The maximum absolute atomic E-state index is 11.6. The van der Waals surface area contributed by atoms with Gasteiger partial charge in [-0.15, -0.1) is 5.10 Å². The first-order valence-corrected chi connectivity index (χ1v) is 6.13. The number of nitrogens with one attached hydrogen (secondary N) is 1. The zero-order chi connectivity index (χ0) is 14.8. The average molecular weight is 278 g/mol. The van der Waals surface area contributed by atoms with E-state index in [2.05, 4.69) is 25.7 Å². The molecule has 2 rings (SSSR count). The van der Waals surface area contributed by atoms with Gasteiger partial charge in [-0.3, -0.25) is 4.79 Å². The van der Waals surface area contributed by atoms with Gasteiger partial charge in [0.1, 0.15) is 5.69 Å². The van der Waals surface area contributed by atoms with Crippen LogP contribution in [0.2, 0.25) is 0 Å². The maximum atomic E-state index is 11.6. The van der Waals surface area contributed by atoms with E-state index in [-0.39, 0.29) is 11.4 Å².